The molecule has 0 bridgehead atoms. The second-order valence-electron chi connectivity index (χ2n) is 11.4. The quantitative estimate of drug-likeness (QED) is 0.148. The molecule has 0 aliphatic heterocycles. The Hall–Kier alpha value is -3.93. The Morgan fingerprint density at radius 1 is 1.00 bits per heavy atom. The summed E-state index contributed by atoms with van der Waals surface area (Å²) in [4.78, 5) is 29.8. The van der Waals surface area contributed by atoms with Crippen molar-refractivity contribution in [3.05, 3.63) is 105 Å². The van der Waals surface area contributed by atoms with Crippen LogP contribution in [-0.4, -0.2) is 42.4 Å². The third-order valence-electron chi connectivity index (χ3n) is 6.76. The van der Waals surface area contributed by atoms with Crippen LogP contribution in [0.4, 0.5) is 0 Å². The summed E-state index contributed by atoms with van der Waals surface area (Å²) in [5.74, 6) is -1.40. The van der Waals surface area contributed by atoms with Crippen molar-refractivity contribution in [2.24, 2.45) is 0 Å². The molecule has 2 N–H and O–H groups in total. The molecule has 0 saturated heterocycles. The lowest BCUT2D eigenvalue weighted by molar-refractivity contribution is -0.146. The Morgan fingerprint density at radius 3 is 2.31 bits per heavy atom. The average molecular weight is 671 g/mol. The number of carbonyl (C=O) groups excluding carboxylic acids is 1. The van der Waals surface area contributed by atoms with Crippen molar-refractivity contribution in [2.45, 2.75) is 63.2 Å². The highest BCUT2D eigenvalue weighted by molar-refractivity contribution is 7.91. The zero-order valence-electron chi connectivity index (χ0n) is 25.3. The van der Waals surface area contributed by atoms with Crippen molar-refractivity contribution < 1.29 is 32.6 Å². The van der Waals surface area contributed by atoms with Gasteiger partial charge < -0.3 is 19.9 Å². The first kappa shape index (κ1) is 34.0. The van der Waals surface area contributed by atoms with E-state index in [2.05, 4.69) is 31.1 Å². The first-order valence-electron chi connectivity index (χ1n) is 14.2. The predicted molar refractivity (Wildman–Crippen MR) is 174 cm³/mol. The van der Waals surface area contributed by atoms with Crippen LogP contribution in [0.25, 0.3) is 0 Å². The number of amides is 1. The van der Waals surface area contributed by atoms with Crippen molar-refractivity contribution in [1.82, 2.24) is 10.3 Å². The number of nitrogens with zero attached hydrogens (tertiary/aromatic N) is 1. The number of halogens is 1. The van der Waals surface area contributed by atoms with Crippen molar-refractivity contribution in [2.75, 3.05) is 5.75 Å². The number of rotatable bonds is 13. The summed E-state index contributed by atoms with van der Waals surface area (Å²) >= 11 is 7.35. The molecule has 1 amide bonds. The number of sulfone groups is 1. The Balaban J connectivity index is 1.32. The Labute approximate surface area is 272 Å². The molecule has 45 heavy (non-hydrogen) atoms. The summed E-state index contributed by atoms with van der Waals surface area (Å²) in [7, 11) is -3.44. The second-order valence-corrected chi connectivity index (χ2v) is 14.9. The number of aromatic nitrogens is 1. The van der Waals surface area contributed by atoms with Crippen molar-refractivity contribution >= 4 is 44.7 Å². The summed E-state index contributed by atoms with van der Waals surface area (Å²) in [6, 6.07) is 19.1. The molecule has 4 rings (SSSR count). The number of carboxylic acids is 1. The maximum Gasteiger partial charge on any atom is 0.366 e. The van der Waals surface area contributed by atoms with Gasteiger partial charge in [-0.15, -0.1) is 11.3 Å². The molecule has 0 fully saturated rings. The number of ether oxygens (including phenoxy) is 2. The van der Waals surface area contributed by atoms with Crippen LogP contribution in [0.15, 0.2) is 83.1 Å². The second kappa shape index (κ2) is 14.4. The van der Waals surface area contributed by atoms with E-state index in [4.69, 9.17) is 21.1 Å². The van der Waals surface area contributed by atoms with E-state index in [-0.39, 0.29) is 33.5 Å². The number of hydrogen-bond acceptors (Lipinski definition) is 8. The number of thiazole rings is 1. The normalized spacial score (nSPS) is 13.1. The highest BCUT2D eigenvalue weighted by Gasteiger charge is 2.24. The van der Waals surface area contributed by atoms with Gasteiger partial charge in [0.05, 0.1) is 16.3 Å². The molecule has 238 valence electrons. The van der Waals surface area contributed by atoms with Gasteiger partial charge in [0.1, 0.15) is 22.6 Å². The van der Waals surface area contributed by atoms with Gasteiger partial charge in [0.15, 0.2) is 9.84 Å². The van der Waals surface area contributed by atoms with Gasteiger partial charge in [-0.05, 0) is 79.9 Å². The van der Waals surface area contributed by atoms with Gasteiger partial charge in [0.25, 0.3) is 12.1 Å². The number of aliphatic carboxylic acids is 1. The van der Waals surface area contributed by atoms with Crippen LogP contribution in [0.1, 0.15) is 66.8 Å². The molecular formula is C33H35ClN2O7S2. The van der Waals surface area contributed by atoms with E-state index in [1.54, 1.807) is 54.6 Å². The number of carbonyl (C=O) groups is 2. The third-order valence-corrected chi connectivity index (χ3v) is 9.84. The summed E-state index contributed by atoms with van der Waals surface area (Å²) in [5.41, 5.74) is 1.94. The molecule has 9 nitrogen and oxygen atoms in total. The number of hydrogen-bond donors (Lipinski definition) is 2. The predicted octanol–water partition coefficient (Wildman–Crippen LogP) is 6.86. The third kappa shape index (κ3) is 9.53. The highest BCUT2D eigenvalue weighted by atomic mass is 35.5. The van der Waals surface area contributed by atoms with Crippen LogP contribution in [0.3, 0.4) is 0 Å². The molecule has 2 atom stereocenters. The lowest BCUT2D eigenvalue weighted by Gasteiger charge is -2.18. The number of benzene rings is 3. The highest BCUT2D eigenvalue weighted by Crippen LogP contribution is 2.29. The SMILES string of the molecule is CC(Oc1cccc(C(=O)NC(Oc2ccc(CCCS(=O)(=O)c3ccc(Cl)cc3)cc2)C(=O)O)c1)c1nc(C(C)(C)C)cs1. The Kier molecular flexibility index (Phi) is 10.9. The van der Waals surface area contributed by atoms with E-state index in [0.717, 1.165) is 16.3 Å². The van der Waals surface area contributed by atoms with E-state index >= 15 is 0 Å². The van der Waals surface area contributed by atoms with E-state index in [1.807, 2.05) is 12.3 Å². The average Bonchev–Trinajstić information content (AvgIpc) is 3.50. The van der Waals surface area contributed by atoms with Crippen molar-refractivity contribution in [3.8, 4) is 11.5 Å². The summed E-state index contributed by atoms with van der Waals surface area (Å²) in [6.45, 7) is 8.14. The van der Waals surface area contributed by atoms with E-state index in [9.17, 15) is 23.1 Å². The monoisotopic (exact) mass is 670 g/mol. The minimum atomic E-state index is -3.44. The summed E-state index contributed by atoms with van der Waals surface area (Å²) < 4.78 is 36.7. The number of carboxylic acid groups (broad SMARTS) is 1. The molecule has 0 aliphatic carbocycles. The molecule has 0 spiro atoms. The van der Waals surface area contributed by atoms with Gasteiger partial charge in [-0.3, -0.25) is 4.79 Å². The number of aryl methyl sites for hydroxylation is 1. The fourth-order valence-electron chi connectivity index (χ4n) is 4.22. The van der Waals surface area contributed by atoms with Gasteiger partial charge in [-0.2, -0.15) is 0 Å². The Morgan fingerprint density at radius 2 is 1.69 bits per heavy atom. The van der Waals surface area contributed by atoms with Crippen molar-refractivity contribution in [3.63, 3.8) is 0 Å². The Bertz CT molecular complexity index is 1730. The molecule has 0 radical (unpaired) electrons. The fourth-order valence-corrected chi connectivity index (χ4v) is 6.69. The van der Waals surface area contributed by atoms with Gasteiger partial charge in [-0.25, -0.2) is 18.2 Å². The van der Waals surface area contributed by atoms with Crippen LogP contribution >= 0.6 is 22.9 Å². The van der Waals surface area contributed by atoms with Gasteiger partial charge in [0, 0.05) is 21.4 Å². The fraction of sp³-hybridized carbons (Fsp3) is 0.303. The van der Waals surface area contributed by atoms with Crippen LogP contribution in [0.2, 0.25) is 5.02 Å². The first-order valence-corrected chi connectivity index (χ1v) is 17.1. The van der Waals surface area contributed by atoms with E-state index in [0.29, 0.717) is 23.6 Å². The standard InChI is InChI=1S/C33H35ClN2O7S2/c1-21(31-35-28(20-44-31)33(2,3)4)42-26-9-5-8-23(19-26)29(37)36-30(32(38)39)43-25-14-10-22(11-15-25)7-6-18-45(40,41)27-16-12-24(34)13-17-27/h5,8-17,19-21,30H,6-7,18H2,1-4H3,(H,36,37)(H,38,39). The maximum absolute atomic E-state index is 13.0. The summed E-state index contributed by atoms with van der Waals surface area (Å²) in [5, 5.41) is 15.4. The van der Waals surface area contributed by atoms with Gasteiger partial charge in [-0.1, -0.05) is 50.6 Å². The zero-order valence-corrected chi connectivity index (χ0v) is 27.7. The minimum absolute atomic E-state index is 0.0335. The topological polar surface area (TPSA) is 132 Å². The maximum atomic E-state index is 13.0. The molecule has 12 heteroatoms. The molecule has 0 saturated carbocycles. The van der Waals surface area contributed by atoms with Crippen LogP contribution < -0.4 is 14.8 Å². The van der Waals surface area contributed by atoms with E-state index in [1.165, 1.54) is 29.5 Å². The minimum Gasteiger partial charge on any atom is -0.484 e. The zero-order chi connectivity index (χ0) is 32.8. The van der Waals surface area contributed by atoms with Crippen LogP contribution in [0.5, 0.6) is 11.5 Å². The lowest BCUT2D eigenvalue weighted by Crippen LogP contribution is -2.44. The van der Waals surface area contributed by atoms with Crippen LogP contribution in [0, 0.1) is 0 Å². The van der Waals surface area contributed by atoms with Gasteiger partial charge >= 0.3 is 5.97 Å². The smallest absolute Gasteiger partial charge is 0.366 e. The van der Waals surface area contributed by atoms with E-state index < -0.39 is 27.9 Å². The first-order chi connectivity index (χ1) is 21.2. The molecular weight excluding hydrogens is 636 g/mol. The largest absolute Gasteiger partial charge is 0.484 e. The van der Waals surface area contributed by atoms with Gasteiger partial charge in [0.2, 0.25) is 0 Å². The van der Waals surface area contributed by atoms with Crippen molar-refractivity contribution in [1.29, 1.82) is 0 Å². The molecule has 1 heterocycles. The molecule has 3 aromatic carbocycles. The molecule has 1 aromatic heterocycles. The molecule has 4 aromatic rings. The summed E-state index contributed by atoms with van der Waals surface area (Å²) in [6.07, 6.45) is -1.12. The molecule has 0 aliphatic rings. The number of nitrogens with one attached hydrogen (secondary N) is 1. The van der Waals surface area contributed by atoms with Crippen LogP contribution in [-0.2, 0) is 26.5 Å². The lowest BCUT2D eigenvalue weighted by atomic mass is 9.93. The molecule has 2 unspecified atom stereocenters.